The van der Waals surface area contributed by atoms with Crippen molar-refractivity contribution in [2.45, 2.75) is 18.9 Å². The van der Waals surface area contributed by atoms with E-state index in [0.29, 0.717) is 5.56 Å². The summed E-state index contributed by atoms with van der Waals surface area (Å²) in [4.78, 5) is 14.0. The lowest BCUT2D eigenvalue weighted by Gasteiger charge is -1.99. The number of hydrogen-bond donors (Lipinski definition) is 0. The van der Waals surface area contributed by atoms with Gasteiger partial charge in [-0.1, -0.05) is 6.92 Å². The lowest BCUT2D eigenvalue weighted by molar-refractivity contribution is -0.385. The van der Waals surface area contributed by atoms with E-state index in [9.17, 15) is 10.1 Å². The molecule has 0 spiro atoms. The Morgan fingerprint density at radius 2 is 2.38 bits per heavy atom. The number of aryl methyl sites for hydroxylation is 1. The van der Waals surface area contributed by atoms with E-state index in [-0.39, 0.29) is 5.69 Å². The molecule has 0 N–H and O–H groups in total. The summed E-state index contributed by atoms with van der Waals surface area (Å²) in [6.07, 6.45) is 1.31. The molecular formula is C8H10N2O2S. The average Bonchev–Trinajstić information content (AvgIpc) is 2.04. The fourth-order valence-corrected chi connectivity index (χ4v) is 1.62. The van der Waals surface area contributed by atoms with E-state index in [1.807, 2.05) is 6.92 Å². The molecule has 0 saturated heterocycles. The maximum Gasteiger partial charge on any atom is 0.290 e. The summed E-state index contributed by atoms with van der Waals surface area (Å²) in [5.74, 6) is 0.921. The van der Waals surface area contributed by atoms with Crippen LogP contribution in [0, 0.1) is 17.0 Å². The Hall–Kier alpha value is -1.10. The molecule has 70 valence electrons. The predicted molar refractivity (Wildman–Crippen MR) is 52.0 cm³/mol. The predicted octanol–water partition coefficient (Wildman–Crippen LogP) is 2.41. The molecule has 4 nitrogen and oxygen atoms in total. The molecule has 0 aromatic carbocycles. The van der Waals surface area contributed by atoms with Crippen LogP contribution in [0.1, 0.15) is 12.5 Å². The van der Waals surface area contributed by atoms with Crippen LogP contribution in [0.3, 0.4) is 0 Å². The van der Waals surface area contributed by atoms with E-state index in [1.54, 1.807) is 24.8 Å². The van der Waals surface area contributed by atoms with Gasteiger partial charge in [0, 0.05) is 5.56 Å². The summed E-state index contributed by atoms with van der Waals surface area (Å²) < 4.78 is 0. The summed E-state index contributed by atoms with van der Waals surface area (Å²) in [5, 5.41) is 11.3. The van der Waals surface area contributed by atoms with E-state index >= 15 is 0 Å². The zero-order valence-electron chi connectivity index (χ0n) is 7.48. The minimum atomic E-state index is -0.414. The third-order valence-electron chi connectivity index (χ3n) is 1.55. The first kappa shape index (κ1) is 9.98. The Balaban J connectivity index is 2.98. The Morgan fingerprint density at radius 1 is 1.69 bits per heavy atom. The number of hydrogen-bond acceptors (Lipinski definition) is 4. The number of pyridine rings is 1. The second-order valence-corrected chi connectivity index (χ2v) is 3.78. The fraction of sp³-hybridized carbons (Fsp3) is 0.375. The summed E-state index contributed by atoms with van der Waals surface area (Å²) in [6, 6.07) is 1.74. The van der Waals surface area contributed by atoms with Gasteiger partial charge in [-0.2, -0.15) is 0 Å². The van der Waals surface area contributed by atoms with Gasteiger partial charge in [-0.3, -0.25) is 10.1 Å². The third kappa shape index (κ3) is 2.42. The van der Waals surface area contributed by atoms with Crippen LogP contribution < -0.4 is 0 Å². The lowest BCUT2D eigenvalue weighted by atomic mass is 10.3. The van der Waals surface area contributed by atoms with Gasteiger partial charge in [0.1, 0.15) is 6.20 Å². The fourth-order valence-electron chi connectivity index (χ4n) is 0.941. The quantitative estimate of drug-likeness (QED) is 0.425. The van der Waals surface area contributed by atoms with Gasteiger partial charge in [-0.05, 0) is 18.7 Å². The second-order valence-electron chi connectivity index (χ2n) is 2.50. The molecule has 0 atom stereocenters. The second kappa shape index (κ2) is 4.23. The molecule has 0 aliphatic rings. The van der Waals surface area contributed by atoms with Gasteiger partial charge in [0.05, 0.1) is 9.95 Å². The maximum atomic E-state index is 10.4. The van der Waals surface area contributed by atoms with Crippen molar-refractivity contribution in [2.75, 3.05) is 5.75 Å². The van der Waals surface area contributed by atoms with Crippen molar-refractivity contribution >= 4 is 17.4 Å². The molecular weight excluding hydrogens is 188 g/mol. The van der Waals surface area contributed by atoms with Crippen molar-refractivity contribution in [1.29, 1.82) is 0 Å². The third-order valence-corrected chi connectivity index (χ3v) is 2.35. The van der Waals surface area contributed by atoms with Crippen LogP contribution in [0.4, 0.5) is 5.69 Å². The topological polar surface area (TPSA) is 56.0 Å². The van der Waals surface area contributed by atoms with Crippen LogP contribution in [-0.4, -0.2) is 15.7 Å². The molecule has 0 fully saturated rings. The van der Waals surface area contributed by atoms with E-state index in [4.69, 9.17) is 0 Å². The molecule has 0 amide bonds. The first-order chi connectivity index (χ1) is 6.15. The smallest absolute Gasteiger partial charge is 0.258 e. The van der Waals surface area contributed by atoms with Gasteiger partial charge in [-0.15, -0.1) is 11.8 Å². The van der Waals surface area contributed by atoms with E-state index in [1.165, 1.54) is 6.20 Å². The normalized spacial score (nSPS) is 10.0. The Bertz CT molecular complexity index is 328. The van der Waals surface area contributed by atoms with Crippen LogP contribution in [0.2, 0.25) is 0 Å². The monoisotopic (exact) mass is 198 g/mol. The van der Waals surface area contributed by atoms with Crippen molar-refractivity contribution in [1.82, 2.24) is 4.98 Å². The Kier molecular flexibility index (Phi) is 3.25. The largest absolute Gasteiger partial charge is 0.290 e. The van der Waals surface area contributed by atoms with Gasteiger partial charge >= 0.3 is 0 Å². The first-order valence-electron chi connectivity index (χ1n) is 3.89. The van der Waals surface area contributed by atoms with Gasteiger partial charge in [0.15, 0.2) is 0 Å². The number of rotatable bonds is 3. The van der Waals surface area contributed by atoms with Crippen LogP contribution in [-0.2, 0) is 0 Å². The van der Waals surface area contributed by atoms with Crippen LogP contribution in [0.15, 0.2) is 17.3 Å². The minimum absolute atomic E-state index is 0.0838. The molecule has 1 aromatic rings. The van der Waals surface area contributed by atoms with E-state index < -0.39 is 4.92 Å². The summed E-state index contributed by atoms with van der Waals surface area (Å²) >= 11 is 1.58. The molecule has 1 heterocycles. The standard InChI is InChI=1S/C8H10N2O2S/c1-3-13-8-4-6(2)7(5-9-8)10(11)12/h4-5H,3H2,1-2H3. The molecule has 0 aliphatic carbocycles. The van der Waals surface area contributed by atoms with Crippen LogP contribution >= 0.6 is 11.8 Å². The number of nitrogens with zero attached hydrogens (tertiary/aromatic N) is 2. The lowest BCUT2D eigenvalue weighted by Crippen LogP contribution is -1.93. The SMILES string of the molecule is CCSc1cc(C)c([N+](=O)[O-])cn1. The number of nitro groups is 1. The molecule has 1 rings (SSSR count). The average molecular weight is 198 g/mol. The highest BCUT2D eigenvalue weighted by molar-refractivity contribution is 7.99. The molecule has 0 aliphatic heterocycles. The Labute approximate surface area is 80.5 Å². The number of thioether (sulfide) groups is 1. The van der Waals surface area contributed by atoms with Gasteiger partial charge in [-0.25, -0.2) is 4.98 Å². The highest BCUT2D eigenvalue weighted by atomic mass is 32.2. The van der Waals surface area contributed by atoms with E-state index in [2.05, 4.69) is 4.98 Å². The first-order valence-corrected chi connectivity index (χ1v) is 4.87. The van der Waals surface area contributed by atoms with Gasteiger partial charge in [0.2, 0.25) is 0 Å². The van der Waals surface area contributed by atoms with Crippen molar-refractivity contribution in [2.24, 2.45) is 0 Å². The van der Waals surface area contributed by atoms with Crippen molar-refractivity contribution in [3.8, 4) is 0 Å². The zero-order chi connectivity index (χ0) is 9.84. The molecule has 1 aromatic heterocycles. The Morgan fingerprint density at radius 3 is 2.85 bits per heavy atom. The molecule has 0 radical (unpaired) electrons. The molecule has 5 heteroatoms. The zero-order valence-corrected chi connectivity index (χ0v) is 8.30. The van der Waals surface area contributed by atoms with E-state index in [0.717, 1.165) is 10.8 Å². The van der Waals surface area contributed by atoms with Crippen molar-refractivity contribution in [3.63, 3.8) is 0 Å². The van der Waals surface area contributed by atoms with Crippen LogP contribution in [0.5, 0.6) is 0 Å². The van der Waals surface area contributed by atoms with Gasteiger partial charge < -0.3 is 0 Å². The number of aromatic nitrogens is 1. The van der Waals surface area contributed by atoms with Crippen LogP contribution in [0.25, 0.3) is 0 Å². The highest BCUT2D eigenvalue weighted by Gasteiger charge is 2.10. The summed E-state index contributed by atoms with van der Waals surface area (Å²) in [7, 11) is 0. The van der Waals surface area contributed by atoms with Crippen molar-refractivity contribution in [3.05, 3.63) is 27.9 Å². The summed E-state index contributed by atoms with van der Waals surface area (Å²) in [5.41, 5.74) is 0.747. The minimum Gasteiger partial charge on any atom is -0.258 e. The molecule has 13 heavy (non-hydrogen) atoms. The molecule has 0 unspecified atom stereocenters. The molecule has 0 bridgehead atoms. The maximum absolute atomic E-state index is 10.4. The van der Waals surface area contributed by atoms with Crippen molar-refractivity contribution < 1.29 is 4.92 Å². The van der Waals surface area contributed by atoms with Gasteiger partial charge in [0.25, 0.3) is 5.69 Å². The summed E-state index contributed by atoms with van der Waals surface area (Å²) in [6.45, 7) is 3.74. The highest BCUT2D eigenvalue weighted by Crippen LogP contribution is 2.22. The molecule has 0 saturated carbocycles.